The summed E-state index contributed by atoms with van der Waals surface area (Å²) in [5.41, 5.74) is 0. The molecule has 0 amide bonds. The van der Waals surface area contributed by atoms with E-state index < -0.39 is 6.55 Å². The summed E-state index contributed by atoms with van der Waals surface area (Å²) in [6, 6.07) is 0. The zero-order valence-electron chi connectivity index (χ0n) is 6.78. The molecule has 0 saturated carbocycles. The topological polar surface area (TPSA) is 21.3 Å². The Morgan fingerprint density at radius 1 is 1.36 bits per heavy atom. The van der Waals surface area contributed by atoms with Gasteiger partial charge in [0.2, 0.25) is 0 Å². The van der Waals surface area contributed by atoms with Crippen molar-refractivity contribution in [2.75, 3.05) is 19.8 Å². The average molecular weight is 167 g/mol. The standard InChI is InChI=1S/C7H15F2NO/c1-2-3-5-11-6-4-10-7(8)9/h7,10H,2-6H2,1H3. The molecule has 2 nitrogen and oxygen atoms in total. The molecule has 0 heterocycles. The summed E-state index contributed by atoms with van der Waals surface area (Å²) in [6.45, 7) is 0.887. The molecular formula is C7H15F2NO. The molecular weight excluding hydrogens is 152 g/mol. The van der Waals surface area contributed by atoms with Crippen molar-refractivity contribution < 1.29 is 13.5 Å². The van der Waals surface area contributed by atoms with E-state index >= 15 is 0 Å². The van der Waals surface area contributed by atoms with Crippen molar-refractivity contribution in [1.82, 2.24) is 5.32 Å². The van der Waals surface area contributed by atoms with Crippen molar-refractivity contribution in [3.8, 4) is 0 Å². The second-order valence-electron chi connectivity index (χ2n) is 2.22. The molecule has 4 heteroatoms. The Balaban J connectivity index is 2.80. The van der Waals surface area contributed by atoms with Crippen molar-refractivity contribution in [3.63, 3.8) is 0 Å². The smallest absolute Gasteiger partial charge is 0.292 e. The summed E-state index contributed by atoms with van der Waals surface area (Å²) in [4.78, 5) is 0. The van der Waals surface area contributed by atoms with Crippen molar-refractivity contribution in [3.05, 3.63) is 0 Å². The first-order valence-electron chi connectivity index (χ1n) is 3.86. The van der Waals surface area contributed by atoms with Crippen LogP contribution >= 0.6 is 0 Å². The van der Waals surface area contributed by atoms with Gasteiger partial charge in [0.15, 0.2) is 0 Å². The highest BCUT2D eigenvalue weighted by molar-refractivity contribution is 4.40. The first-order chi connectivity index (χ1) is 5.27. The van der Waals surface area contributed by atoms with Gasteiger partial charge in [0.05, 0.1) is 6.61 Å². The van der Waals surface area contributed by atoms with E-state index in [1.165, 1.54) is 0 Å². The normalized spacial score (nSPS) is 10.9. The Kier molecular flexibility index (Phi) is 7.72. The maximum Gasteiger partial charge on any atom is 0.292 e. The summed E-state index contributed by atoms with van der Waals surface area (Å²) >= 11 is 0. The molecule has 0 aromatic carbocycles. The molecule has 0 bridgehead atoms. The predicted octanol–water partition coefficient (Wildman–Crippen LogP) is 1.62. The van der Waals surface area contributed by atoms with E-state index in [-0.39, 0.29) is 6.54 Å². The summed E-state index contributed by atoms with van der Waals surface area (Å²) in [7, 11) is 0. The number of hydrogen-bond acceptors (Lipinski definition) is 2. The van der Waals surface area contributed by atoms with E-state index in [0.717, 1.165) is 12.8 Å². The van der Waals surface area contributed by atoms with E-state index in [4.69, 9.17) is 4.74 Å². The van der Waals surface area contributed by atoms with Crippen LogP contribution in [0.25, 0.3) is 0 Å². The lowest BCUT2D eigenvalue weighted by molar-refractivity contribution is 0.0799. The third-order valence-electron chi connectivity index (χ3n) is 1.19. The van der Waals surface area contributed by atoms with Gasteiger partial charge in [0, 0.05) is 13.2 Å². The number of ether oxygens (including phenoxy) is 1. The lowest BCUT2D eigenvalue weighted by atomic mass is 10.4. The van der Waals surface area contributed by atoms with Gasteiger partial charge in [-0.1, -0.05) is 13.3 Å². The van der Waals surface area contributed by atoms with Crippen LogP contribution in [0.3, 0.4) is 0 Å². The molecule has 0 unspecified atom stereocenters. The highest BCUT2D eigenvalue weighted by Gasteiger charge is 1.97. The first kappa shape index (κ1) is 10.8. The van der Waals surface area contributed by atoms with Crippen LogP contribution in [0.15, 0.2) is 0 Å². The van der Waals surface area contributed by atoms with E-state index in [9.17, 15) is 8.78 Å². The maximum absolute atomic E-state index is 11.4. The Hall–Kier alpha value is -0.220. The van der Waals surface area contributed by atoms with Gasteiger partial charge in [-0.15, -0.1) is 0 Å². The second-order valence-corrected chi connectivity index (χ2v) is 2.22. The quantitative estimate of drug-likeness (QED) is 0.459. The predicted molar refractivity (Wildman–Crippen MR) is 39.7 cm³/mol. The van der Waals surface area contributed by atoms with Crippen LogP contribution in [-0.4, -0.2) is 26.3 Å². The van der Waals surface area contributed by atoms with Gasteiger partial charge in [-0.25, -0.2) is 0 Å². The second kappa shape index (κ2) is 7.88. The summed E-state index contributed by atoms with van der Waals surface area (Å²) < 4.78 is 27.9. The average Bonchev–Trinajstić information content (AvgIpc) is 1.96. The highest BCUT2D eigenvalue weighted by atomic mass is 19.3. The van der Waals surface area contributed by atoms with Crippen LogP contribution in [0.4, 0.5) is 8.78 Å². The minimum atomic E-state index is -2.43. The summed E-state index contributed by atoms with van der Waals surface area (Å²) in [5, 5.41) is 1.96. The van der Waals surface area contributed by atoms with E-state index in [1.54, 1.807) is 0 Å². The van der Waals surface area contributed by atoms with Gasteiger partial charge in [-0.2, -0.15) is 8.78 Å². The zero-order valence-corrected chi connectivity index (χ0v) is 6.78. The highest BCUT2D eigenvalue weighted by Crippen LogP contribution is 1.87. The van der Waals surface area contributed by atoms with Crippen LogP contribution in [0.5, 0.6) is 0 Å². The number of unbranched alkanes of at least 4 members (excludes halogenated alkanes) is 1. The molecule has 0 aromatic rings. The van der Waals surface area contributed by atoms with E-state index in [1.807, 2.05) is 5.32 Å². The van der Waals surface area contributed by atoms with Crippen molar-refractivity contribution >= 4 is 0 Å². The summed E-state index contributed by atoms with van der Waals surface area (Å²) in [6.07, 6.45) is 2.07. The first-order valence-corrected chi connectivity index (χ1v) is 3.86. The Labute approximate surface area is 65.9 Å². The molecule has 0 aliphatic carbocycles. The van der Waals surface area contributed by atoms with Crippen LogP contribution in [0.1, 0.15) is 19.8 Å². The lowest BCUT2D eigenvalue weighted by Gasteiger charge is -2.03. The Morgan fingerprint density at radius 3 is 2.64 bits per heavy atom. The molecule has 0 fully saturated rings. The maximum atomic E-state index is 11.4. The van der Waals surface area contributed by atoms with Crippen LogP contribution in [0.2, 0.25) is 0 Å². The number of hydrogen-bond donors (Lipinski definition) is 1. The van der Waals surface area contributed by atoms with E-state index in [2.05, 4.69) is 6.92 Å². The van der Waals surface area contributed by atoms with Gasteiger partial charge in [-0.3, -0.25) is 5.32 Å². The monoisotopic (exact) mass is 167 g/mol. The lowest BCUT2D eigenvalue weighted by Crippen LogP contribution is -2.24. The van der Waals surface area contributed by atoms with Crippen LogP contribution in [0, 0.1) is 0 Å². The van der Waals surface area contributed by atoms with Crippen molar-refractivity contribution in [2.45, 2.75) is 26.3 Å². The van der Waals surface area contributed by atoms with Crippen LogP contribution < -0.4 is 5.32 Å². The molecule has 68 valence electrons. The minimum absolute atomic E-state index is 0.224. The third-order valence-corrected chi connectivity index (χ3v) is 1.19. The molecule has 0 aromatic heterocycles. The molecule has 1 N–H and O–H groups in total. The number of halogens is 2. The van der Waals surface area contributed by atoms with Gasteiger partial charge >= 0.3 is 0 Å². The fourth-order valence-corrected chi connectivity index (χ4v) is 0.589. The SMILES string of the molecule is CCCCOCCNC(F)F. The van der Waals surface area contributed by atoms with E-state index in [0.29, 0.717) is 13.2 Å². The fourth-order valence-electron chi connectivity index (χ4n) is 0.589. The third kappa shape index (κ3) is 9.78. The number of rotatable bonds is 7. The molecule has 0 radical (unpaired) electrons. The van der Waals surface area contributed by atoms with Crippen molar-refractivity contribution in [1.29, 1.82) is 0 Å². The van der Waals surface area contributed by atoms with Gasteiger partial charge in [0.25, 0.3) is 6.55 Å². The zero-order chi connectivity index (χ0) is 8.53. The molecule has 0 saturated heterocycles. The molecule has 0 spiro atoms. The molecule has 0 atom stereocenters. The van der Waals surface area contributed by atoms with Gasteiger partial charge < -0.3 is 4.74 Å². The number of alkyl halides is 2. The Morgan fingerprint density at radius 2 is 2.09 bits per heavy atom. The largest absolute Gasteiger partial charge is 0.380 e. The van der Waals surface area contributed by atoms with Crippen LogP contribution in [-0.2, 0) is 4.74 Å². The molecule has 0 rings (SSSR count). The Bertz CT molecular complexity index is 80.8. The van der Waals surface area contributed by atoms with Crippen molar-refractivity contribution in [2.24, 2.45) is 0 Å². The fraction of sp³-hybridized carbons (Fsp3) is 1.00. The summed E-state index contributed by atoms with van der Waals surface area (Å²) in [5.74, 6) is 0. The minimum Gasteiger partial charge on any atom is -0.380 e. The van der Waals surface area contributed by atoms with Gasteiger partial charge in [-0.05, 0) is 6.42 Å². The molecule has 0 aliphatic heterocycles. The molecule has 0 aliphatic rings. The molecule has 11 heavy (non-hydrogen) atoms. The van der Waals surface area contributed by atoms with Gasteiger partial charge in [0.1, 0.15) is 0 Å². The number of nitrogens with one attached hydrogen (secondary N) is 1.